The Labute approximate surface area is 135 Å². The van der Waals surface area contributed by atoms with Crippen molar-refractivity contribution < 1.29 is 0 Å². The van der Waals surface area contributed by atoms with E-state index in [1.807, 2.05) is 0 Å². The average Bonchev–Trinajstić information content (AvgIpc) is 2.81. The van der Waals surface area contributed by atoms with E-state index in [1.54, 1.807) is 0 Å². The Kier molecular flexibility index (Phi) is 4.18. The predicted octanol–water partition coefficient (Wildman–Crippen LogP) is 5.57. The standard InChI is InChI=1S/C20H32N2/c1-10-19(5,6)16-13(3)14(4)17(20(7,8)11-2)18-15(16)12-21-22(18)9/h12H,10-11H2,1-9H3. The number of fused-ring (bicyclic) bond motifs is 1. The minimum absolute atomic E-state index is 0.162. The molecule has 0 saturated heterocycles. The summed E-state index contributed by atoms with van der Waals surface area (Å²) in [5.74, 6) is 0. The molecule has 0 N–H and O–H groups in total. The Morgan fingerprint density at radius 2 is 1.36 bits per heavy atom. The van der Waals surface area contributed by atoms with Gasteiger partial charge in [-0.2, -0.15) is 5.10 Å². The second-order valence-electron chi connectivity index (χ2n) is 8.01. The van der Waals surface area contributed by atoms with Crippen molar-refractivity contribution in [3.8, 4) is 0 Å². The average molecular weight is 300 g/mol. The van der Waals surface area contributed by atoms with Gasteiger partial charge in [-0.05, 0) is 59.8 Å². The van der Waals surface area contributed by atoms with Gasteiger partial charge in [-0.1, -0.05) is 41.5 Å². The molecule has 2 heteroatoms. The van der Waals surface area contributed by atoms with E-state index in [0.29, 0.717) is 0 Å². The molecule has 122 valence electrons. The molecule has 2 nitrogen and oxygen atoms in total. The Balaban J connectivity index is 3.02. The van der Waals surface area contributed by atoms with Gasteiger partial charge in [0, 0.05) is 12.4 Å². The molecule has 0 bridgehead atoms. The van der Waals surface area contributed by atoms with E-state index in [2.05, 4.69) is 78.4 Å². The van der Waals surface area contributed by atoms with Crippen molar-refractivity contribution in [3.05, 3.63) is 28.5 Å². The van der Waals surface area contributed by atoms with Crippen LogP contribution in [0.4, 0.5) is 0 Å². The summed E-state index contributed by atoms with van der Waals surface area (Å²) < 4.78 is 2.07. The molecular weight excluding hydrogens is 268 g/mol. The first kappa shape index (κ1) is 17.1. The van der Waals surface area contributed by atoms with Gasteiger partial charge in [0.25, 0.3) is 0 Å². The van der Waals surface area contributed by atoms with Crippen LogP contribution in [-0.4, -0.2) is 9.78 Å². The summed E-state index contributed by atoms with van der Waals surface area (Å²) >= 11 is 0. The first-order valence-electron chi connectivity index (χ1n) is 8.54. The number of aryl methyl sites for hydroxylation is 1. The van der Waals surface area contributed by atoms with Crippen LogP contribution in [0.3, 0.4) is 0 Å². The SMILES string of the molecule is CCC(C)(C)c1c(C)c(C)c(C(C)(C)CC)c2c1cnn2C. The number of nitrogens with zero attached hydrogens (tertiary/aromatic N) is 2. The van der Waals surface area contributed by atoms with Crippen molar-refractivity contribution in [2.75, 3.05) is 0 Å². The van der Waals surface area contributed by atoms with Gasteiger partial charge in [-0.25, -0.2) is 0 Å². The fourth-order valence-electron chi connectivity index (χ4n) is 3.73. The van der Waals surface area contributed by atoms with Crippen LogP contribution in [0.2, 0.25) is 0 Å². The van der Waals surface area contributed by atoms with Crippen LogP contribution in [0, 0.1) is 13.8 Å². The molecule has 1 aromatic carbocycles. The van der Waals surface area contributed by atoms with E-state index < -0.39 is 0 Å². The summed E-state index contributed by atoms with van der Waals surface area (Å²) in [6.45, 7) is 18.6. The van der Waals surface area contributed by atoms with Gasteiger partial charge in [0.05, 0.1) is 11.7 Å². The van der Waals surface area contributed by atoms with E-state index in [-0.39, 0.29) is 10.8 Å². The Morgan fingerprint density at radius 3 is 1.86 bits per heavy atom. The molecule has 0 atom stereocenters. The normalized spacial score (nSPS) is 13.1. The van der Waals surface area contributed by atoms with Gasteiger partial charge in [-0.15, -0.1) is 0 Å². The fraction of sp³-hybridized carbons (Fsp3) is 0.650. The fourth-order valence-corrected chi connectivity index (χ4v) is 3.73. The Hall–Kier alpha value is -1.31. The zero-order valence-corrected chi connectivity index (χ0v) is 15.9. The smallest absolute Gasteiger partial charge is 0.0722 e. The first-order valence-corrected chi connectivity index (χ1v) is 8.54. The van der Waals surface area contributed by atoms with Crippen molar-refractivity contribution in [2.45, 2.75) is 79.1 Å². The maximum Gasteiger partial charge on any atom is 0.0722 e. The minimum atomic E-state index is 0.162. The van der Waals surface area contributed by atoms with E-state index in [9.17, 15) is 0 Å². The van der Waals surface area contributed by atoms with Crippen LogP contribution >= 0.6 is 0 Å². The highest BCUT2D eigenvalue weighted by atomic mass is 15.2. The highest BCUT2D eigenvalue weighted by Gasteiger charge is 2.31. The third-order valence-electron chi connectivity index (χ3n) is 5.88. The third kappa shape index (κ3) is 2.37. The van der Waals surface area contributed by atoms with E-state index in [0.717, 1.165) is 12.8 Å². The maximum absolute atomic E-state index is 4.61. The van der Waals surface area contributed by atoms with Gasteiger partial charge >= 0.3 is 0 Å². The lowest BCUT2D eigenvalue weighted by molar-refractivity contribution is 0.496. The van der Waals surface area contributed by atoms with Crippen LogP contribution in [0.25, 0.3) is 10.9 Å². The van der Waals surface area contributed by atoms with Crippen LogP contribution in [0.5, 0.6) is 0 Å². The molecule has 1 heterocycles. The zero-order valence-electron chi connectivity index (χ0n) is 15.9. The van der Waals surface area contributed by atoms with Gasteiger partial charge in [0.15, 0.2) is 0 Å². The summed E-state index contributed by atoms with van der Waals surface area (Å²) in [5, 5.41) is 5.95. The van der Waals surface area contributed by atoms with Crippen molar-refractivity contribution in [1.82, 2.24) is 9.78 Å². The van der Waals surface area contributed by atoms with Crippen molar-refractivity contribution in [2.24, 2.45) is 7.05 Å². The van der Waals surface area contributed by atoms with Crippen LogP contribution in [0.15, 0.2) is 6.20 Å². The maximum atomic E-state index is 4.61. The second kappa shape index (κ2) is 5.40. The quantitative estimate of drug-likeness (QED) is 0.722. The van der Waals surface area contributed by atoms with Crippen LogP contribution in [0.1, 0.15) is 76.6 Å². The van der Waals surface area contributed by atoms with Crippen molar-refractivity contribution in [3.63, 3.8) is 0 Å². The molecule has 22 heavy (non-hydrogen) atoms. The number of aromatic nitrogens is 2. The molecule has 0 aliphatic heterocycles. The molecule has 0 unspecified atom stereocenters. The molecule has 2 aromatic rings. The Morgan fingerprint density at radius 1 is 0.909 bits per heavy atom. The summed E-state index contributed by atoms with van der Waals surface area (Å²) in [4.78, 5) is 0. The zero-order chi connectivity index (χ0) is 16.9. The van der Waals surface area contributed by atoms with Crippen LogP contribution < -0.4 is 0 Å². The topological polar surface area (TPSA) is 17.8 Å². The van der Waals surface area contributed by atoms with Gasteiger partial charge in [0.2, 0.25) is 0 Å². The van der Waals surface area contributed by atoms with Crippen molar-refractivity contribution in [1.29, 1.82) is 0 Å². The molecule has 0 fully saturated rings. The summed E-state index contributed by atoms with van der Waals surface area (Å²) in [7, 11) is 2.08. The van der Waals surface area contributed by atoms with E-state index >= 15 is 0 Å². The molecule has 0 radical (unpaired) electrons. The summed E-state index contributed by atoms with van der Waals surface area (Å²) in [6.07, 6.45) is 4.33. The van der Waals surface area contributed by atoms with Gasteiger partial charge in [0.1, 0.15) is 0 Å². The molecule has 0 spiro atoms. The third-order valence-corrected chi connectivity index (χ3v) is 5.88. The van der Waals surface area contributed by atoms with E-state index in [4.69, 9.17) is 0 Å². The van der Waals surface area contributed by atoms with Crippen LogP contribution in [-0.2, 0) is 17.9 Å². The lowest BCUT2D eigenvalue weighted by Gasteiger charge is -2.33. The predicted molar refractivity (Wildman–Crippen MR) is 96.8 cm³/mol. The molecular formula is C20H32N2. The lowest BCUT2D eigenvalue weighted by Crippen LogP contribution is -2.23. The molecule has 0 saturated carbocycles. The highest BCUT2D eigenvalue weighted by Crippen LogP contribution is 2.43. The number of benzene rings is 1. The molecule has 1 aromatic heterocycles. The monoisotopic (exact) mass is 300 g/mol. The van der Waals surface area contributed by atoms with Crippen molar-refractivity contribution >= 4 is 10.9 Å². The van der Waals surface area contributed by atoms with E-state index in [1.165, 1.54) is 33.2 Å². The molecule has 0 amide bonds. The highest BCUT2D eigenvalue weighted by molar-refractivity contribution is 5.90. The largest absolute Gasteiger partial charge is 0.268 e. The lowest BCUT2D eigenvalue weighted by atomic mass is 9.72. The minimum Gasteiger partial charge on any atom is -0.268 e. The number of hydrogen-bond donors (Lipinski definition) is 0. The van der Waals surface area contributed by atoms with Gasteiger partial charge < -0.3 is 0 Å². The number of rotatable bonds is 4. The summed E-state index contributed by atoms with van der Waals surface area (Å²) in [6, 6.07) is 0. The molecule has 2 rings (SSSR count). The second-order valence-corrected chi connectivity index (χ2v) is 8.01. The summed E-state index contributed by atoms with van der Waals surface area (Å²) in [5.41, 5.74) is 7.50. The molecule has 0 aliphatic rings. The first-order chi connectivity index (χ1) is 10.1. The molecule has 0 aliphatic carbocycles. The Bertz CT molecular complexity index is 702. The number of hydrogen-bond acceptors (Lipinski definition) is 1. The van der Waals surface area contributed by atoms with Gasteiger partial charge in [-0.3, -0.25) is 4.68 Å².